The highest BCUT2D eigenvalue weighted by molar-refractivity contribution is 5.77. The van der Waals surface area contributed by atoms with Gasteiger partial charge in [0, 0.05) is 17.0 Å². The lowest BCUT2D eigenvalue weighted by atomic mass is 9.78. The van der Waals surface area contributed by atoms with Gasteiger partial charge in [-0.3, -0.25) is 0 Å². The lowest BCUT2D eigenvalue weighted by Crippen LogP contribution is -2.23. The summed E-state index contributed by atoms with van der Waals surface area (Å²) in [5, 5.41) is 1.20. The number of nitrogens with one attached hydrogen (secondary N) is 1. The van der Waals surface area contributed by atoms with Crippen LogP contribution in [0.3, 0.4) is 0 Å². The average molecular weight is 230 g/mol. The van der Waals surface area contributed by atoms with E-state index in [9.17, 15) is 0 Å². The van der Waals surface area contributed by atoms with Crippen molar-refractivity contribution in [1.29, 1.82) is 0 Å². The molecule has 0 aliphatic carbocycles. The number of aromatic amines is 1. The van der Waals surface area contributed by atoms with Crippen LogP contribution in [0.25, 0.3) is 11.0 Å². The minimum Gasteiger partial charge on any atom is -0.346 e. The fourth-order valence-corrected chi connectivity index (χ4v) is 2.13. The Kier molecular flexibility index (Phi) is 2.57. The van der Waals surface area contributed by atoms with Gasteiger partial charge in [-0.05, 0) is 23.1 Å². The summed E-state index contributed by atoms with van der Waals surface area (Å²) in [6.45, 7) is 13.4. The molecule has 2 aromatic heterocycles. The Morgan fingerprint density at radius 2 is 1.65 bits per heavy atom. The second kappa shape index (κ2) is 3.59. The molecule has 2 heteroatoms. The van der Waals surface area contributed by atoms with Crippen LogP contribution in [0.1, 0.15) is 52.8 Å². The van der Waals surface area contributed by atoms with Gasteiger partial charge in [0.05, 0.1) is 5.69 Å². The van der Waals surface area contributed by atoms with Crippen molar-refractivity contribution >= 4 is 11.0 Å². The van der Waals surface area contributed by atoms with Gasteiger partial charge in [-0.1, -0.05) is 41.5 Å². The summed E-state index contributed by atoms with van der Waals surface area (Å²) in [6, 6.07) is 4.36. The van der Waals surface area contributed by atoms with E-state index in [4.69, 9.17) is 4.98 Å². The lowest BCUT2D eigenvalue weighted by molar-refractivity contribution is 0.516. The van der Waals surface area contributed by atoms with Crippen LogP contribution in [0.15, 0.2) is 18.3 Å². The van der Waals surface area contributed by atoms with Crippen LogP contribution in [0, 0.1) is 0 Å². The van der Waals surface area contributed by atoms with Crippen molar-refractivity contribution in [2.24, 2.45) is 0 Å². The summed E-state index contributed by atoms with van der Waals surface area (Å²) in [6.07, 6.45) is 1.95. The first-order valence-electron chi connectivity index (χ1n) is 6.19. The van der Waals surface area contributed by atoms with Crippen LogP contribution in [0.2, 0.25) is 0 Å². The Balaban J connectivity index is 2.78. The predicted molar refractivity (Wildman–Crippen MR) is 73.5 cm³/mol. The maximum atomic E-state index is 4.82. The third-order valence-electron chi connectivity index (χ3n) is 3.05. The van der Waals surface area contributed by atoms with Gasteiger partial charge in [-0.2, -0.15) is 0 Å². The number of hydrogen-bond acceptors (Lipinski definition) is 1. The molecule has 1 N–H and O–H groups in total. The number of rotatable bonds is 0. The monoisotopic (exact) mass is 230 g/mol. The van der Waals surface area contributed by atoms with Crippen molar-refractivity contribution in [2.45, 2.75) is 52.4 Å². The summed E-state index contributed by atoms with van der Waals surface area (Å²) in [4.78, 5) is 8.02. The van der Waals surface area contributed by atoms with Gasteiger partial charge in [0.2, 0.25) is 0 Å². The highest BCUT2D eigenvalue weighted by Crippen LogP contribution is 2.34. The Morgan fingerprint density at radius 1 is 1.00 bits per heavy atom. The molecule has 0 unspecified atom stereocenters. The van der Waals surface area contributed by atoms with Gasteiger partial charge < -0.3 is 4.98 Å². The van der Waals surface area contributed by atoms with Crippen molar-refractivity contribution in [1.82, 2.24) is 9.97 Å². The van der Waals surface area contributed by atoms with Crippen molar-refractivity contribution in [3.05, 3.63) is 29.6 Å². The summed E-state index contributed by atoms with van der Waals surface area (Å²) < 4.78 is 0. The molecule has 0 aliphatic rings. The fraction of sp³-hybridized carbons (Fsp3) is 0.533. The number of H-pyrrole nitrogens is 1. The molecule has 0 saturated heterocycles. The maximum Gasteiger partial charge on any atom is 0.137 e. The van der Waals surface area contributed by atoms with Crippen molar-refractivity contribution in [3.63, 3.8) is 0 Å². The molecular weight excluding hydrogens is 208 g/mol. The molecule has 2 rings (SSSR count). The molecule has 0 radical (unpaired) electrons. The summed E-state index contributed by atoms with van der Waals surface area (Å²) in [5.41, 5.74) is 3.73. The number of pyridine rings is 1. The van der Waals surface area contributed by atoms with Gasteiger partial charge in [0.15, 0.2) is 0 Å². The third kappa shape index (κ3) is 2.21. The van der Waals surface area contributed by atoms with Crippen LogP contribution in [0.4, 0.5) is 0 Å². The molecule has 0 aromatic carbocycles. The van der Waals surface area contributed by atoms with Gasteiger partial charge >= 0.3 is 0 Å². The van der Waals surface area contributed by atoms with E-state index in [1.165, 1.54) is 16.6 Å². The first kappa shape index (κ1) is 12.2. The number of nitrogens with zero attached hydrogens (tertiary/aromatic N) is 1. The Bertz CT molecular complexity index is 488. The number of hydrogen-bond donors (Lipinski definition) is 1. The smallest absolute Gasteiger partial charge is 0.137 e. The SMILES string of the molecule is CC(C)(C)c1cc2cc[nH]c2nc1C(C)(C)C. The fourth-order valence-electron chi connectivity index (χ4n) is 2.13. The maximum absolute atomic E-state index is 4.82. The van der Waals surface area contributed by atoms with Crippen molar-refractivity contribution in [3.8, 4) is 0 Å². The predicted octanol–water partition coefficient (Wildman–Crippen LogP) is 4.16. The second-order valence-electron chi connectivity index (χ2n) is 6.80. The first-order chi connectivity index (χ1) is 7.69. The molecule has 92 valence electrons. The van der Waals surface area contributed by atoms with Gasteiger partial charge in [-0.15, -0.1) is 0 Å². The van der Waals surface area contributed by atoms with Crippen LogP contribution in [0.5, 0.6) is 0 Å². The molecule has 2 nitrogen and oxygen atoms in total. The van der Waals surface area contributed by atoms with E-state index in [2.05, 4.69) is 58.7 Å². The standard InChI is InChI=1S/C15H22N2/c1-14(2,3)11-9-10-7-8-16-13(10)17-12(11)15(4,5)6/h7-9H,1-6H3,(H,16,17). The van der Waals surface area contributed by atoms with Crippen molar-refractivity contribution in [2.75, 3.05) is 0 Å². The van der Waals surface area contributed by atoms with Crippen LogP contribution < -0.4 is 0 Å². The molecule has 2 aromatic rings. The van der Waals surface area contributed by atoms with Crippen LogP contribution in [-0.4, -0.2) is 9.97 Å². The largest absolute Gasteiger partial charge is 0.346 e. The van der Waals surface area contributed by atoms with E-state index in [-0.39, 0.29) is 10.8 Å². The summed E-state index contributed by atoms with van der Waals surface area (Å²) >= 11 is 0. The molecule has 2 heterocycles. The molecule has 0 spiro atoms. The van der Waals surface area contributed by atoms with Crippen LogP contribution in [-0.2, 0) is 10.8 Å². The second-order valence-corrected chi connectivity index (χ2v) is 6.80. The molecular formula is C15H22N2. The zero-order chi connectivity index (χ0) is 12.8. The topological polar surface area (TPSA) is 28.7 Å². The molecule has 0 saturated carbocycles. The van der Waals surface area contributed by atoms with E-state index in [1.807, 2.05) is 6.20 Å². The zero-order valence-corrected chi connectivity index (χ0v) is 11.7. The molecule has 17 heavy (non-hydrogen) atoms. The first-order valence-corrected chi connectivity index (χ1v) is 6.19. The molecule has 0 fully saturated rings. The van der Waals surface area contributed by atoms with Crippen LogP contribution >= 0.6 is 0 Å². The Labute approximate surface area is 103 Å². The number of aromatic nitrogens is 2. The summed E-state index contributed by atoms with van der Waals surface area (Å²) in [5.74, 6) is 0. The normalized spacial score (nSPS) is 13.3. The number of fused-ring (bicyclic) bond motifs is 1. The van der Waals surface area contributed by atoms with E-state index >= 15 is 0 Å². The van der Waals surface area contributed by atoms with Crippen molar-refractivity contribution < 1.29 is 0 Å². The zero-order valence-electron chi connectivity index (χ0n) is 11.7. The average Bonchev–Trinajstić information content (AvgIpc) is 2.59. The quantitative estimate of drug-likeness (QED) is 0.723. The molecule has 0 aliphatic heterocycles. The Morgan fingerprint density at radius 3 is 2.18 bits per heavy atom. The van der Waals surface area contributed by atoms with Gasteiger partial charge in [0.25, 0.3) is 0 Å². The van der Waals surface area contributed by atoms with Gasteiger partial charge in [-0.25, -0.2) is 4.98 Å². The minimum absolute atomic E-state index is 0.0713. The minimum atomic E-state index is 0.0713. The van der Waals surface area contributed by atoms with Gasteiger partial charge in [0.1, 0.15) is 5.65 Å². The molecule has 0 amide bonds. The molecule has 0 bridgehead atoms. The third-order valence-corrected chi connectivity index (χ3v) is 3.05. The Hall–Kier alpha value is -1.31. The lowest BCUT2D eigenvalue weighted by Gasteiger charge is -2.28. The summed E-state index contributed by atoms with van der Waals surface area (Å²) in [7, 11) is 0. The van der Waals surface area contributed by atoms with E-state index in [1.54, 1.807) is 0 Å². The molecule has 0 atom stereocenters. The van der Waals surface area contributed by atoms with E-state index < -0.39 is 0 Å². The highest BCUT2D eigenvalue weighted by atomic mass is 14.9. The van der Waals surface area contributed by atoms with E-state index in [0.717, 1.165) is 5.65 Å². The van der Waals surface area contributed by atoms with E-state index in [0.29, 0.717) is 0 Å². The highest BCUT2D eigenvalue weighted by Gasteiger charge is 2.27.